The third-order valence-electron chi connectivity index (χ3n) is 3.63. The van der Waals surface area contributed by atoms with Crippen molar-refractivity contribution in [2.24, 2.45) is 10.7 Å². The smallest absolute Gasteiger partial charge is 0.193 e. The Balaban J connectivity index is 1.55. The number of guanidine groups is 1. The van der Waals surface area contributed by atoms with Gasteiger partial charge in [0.1, 0.15) is 0 Å². The van der Waals surface area contributed by atoms with Crippen molar-refractivity contribution >= 4 is 11.6 Å². The molecule has 0 atom stereocenters. The summed E-state index contributed by atoms with van der Waals surface area (Å²) in [7, 11) is 0. The van der Waals surface area contributed by atoms with Gasteiger partial charge in [-0.15, -0.1) is 0 Å². The first-order valence-electron chi connectivity index (χ1n) is 7.93. The number of aryl methyl sites for hydroxylation is 1. The van der Waals surface area contributed by atoms with Gasteiger partial charge in [-0.05, 0) is 48.7 Å². The van der Waals surface area contributed by atoms with Crippen molar-refractivity contribution in [3.63, 3.8) is 0 Å². The summed E-state index contributed by atoms with van der Waals surface area (Å²) in [6, 6.07) is 18.1. The molecule has 3 rings (SSSR count). The molecule has 0 radical (unpaired) electrons. The highest BCUT2D eigenvalue weighted by Crippen LogP contribution is 2.10. The summed E-state index contributed by atoms with van der Waals surface area (Å²) in [6.07, 6.45) is 4.69. The van der Waals surface area contributed by atoms with Crippen molar-refractivity contribution in [1.82, 2.24) is 9.78 Å². The minimum atomic E-state index is 0.427. The van der Waals surface area contributed by atoms with Gasteiger partial charge in [-0.1, -0.05) is 30.3 Å². The molecule has 3 N–H and O–H groups in total. The molecule has 0 fully saturated rings. The van der Waals surface area contributed by atoms with Gasteiger partial charge in [0.25, 0.3) is 0 Å². The number of aromatic nitrogens is 2. The van der Waals surface area contributed by atoms with Crippen LogP contribution in [0, 0.1) is 6.92 Å². The minimum absolute atomic E-state index is 0.427. The maximum absolute atomic E-state index is 5.93. The van der Waals surface area contributed by atoms with E-state index in [-0.39, 0.29) is 0 Å². The number of nitrogens with one attached hydrogen (secondary N) is 1. The number of aliphatic imine (C=N–C) groups is 1. The van der Waals surface area contributed by atoms with Crippen LogP contribution in [-0.4, -0.2) is 22.3 Å². The van der Waals surface area contributed by atoms with Gasteiger partial charge in [0, 0.05) is 18.4 Å². The van der Waals surface area contributed by atoms with Crippen LogP contribution in [0.2, 0.25) is 0 Å². The van der Waals surface area contributed by atoms with Gasteiger partial charge in [-0.3, -0.25) is 4.99 Å². The fourth-order valence-corrected chi connectivity index (χ4v) is 2.43. The molecule has 0 bridgehead atoms. The molecule has 0 saturated heterocycles. The predicted octanol–water partition coefficient (Wildman–Crippen LogP) is 3.15. The van der Waals surface area contributed by atoms with Crippen molar-refractivity contribution < 1.29 is 0 Å². The highest BCUT2D eigenvalue weighted by atomic mass is 15.3. The maximum atomic E-state index is 5.93. The first kappa shape index (κ1) is 15.8. The van der Waals surface area contributed by atoms with Gasteiger partial charge in [-0.25, -0.2) is 4.68 Å². The van der Waals surface area contributed by atoms with Crippen LogP contribution < -0.4 is 11.1 Å². The molecule has 24 heavy (non-hydrogen) atoms. The molecule has 0 aliphatic rings. The Morgan fingerprint density at radius 3 is 2.79 bits per heavy atom. The van der Waals surface area contributed by atoms with E-state index in [1.165, 1.54) is 5.56 Å². The quantitative estimate of drug-likeness (QED) is 0.561. The zero-order chi connectivity index (χ0) is 16.8. The van der Waals surface area contributed by atoms with Crippen LogP contribution in [0.5, 0.6) is 0 Å². The molecule has 122 valence electrons. The first-order valence-corrected chi connectivity index (χ1v) is 7.93. The van der Waals surface area contributed by atoms with Crippen molar-refractivity contribution in [3.8, 4) is 5.69 Å². The molecule has 5 heteroatoms. The lowest BCUT2D eigenvalue weighted by Crippen LogP contribution is -2.23. The molecular formula is C19H21N5. The average Bonchev–Trinajstić information content (AvgIpc) is 3.04. The molecule has 0 unspecified atom stereocenters. The monoisotopic (exact) mass is 319 g/mol. The van der Waals surface area contributed by atoms with E-state index in [0.717, 1.165) is 23.4 Å². The summed E-state index contributed by atoms with van der Waals surface area (Å²) < 4.78 is 1.87. The van der Waals surface area contributed by atoms with Crippen LogP contribution in [0.1, 0.15) is 11.1 Å². The Hall–Kier alpha value is -3.08. The minimum Gasteiger partial charge on any atom is -0.370 e. The summed E-state index contributed by atoms with van der Waals surface area (Å²) >= 11 is 0. The SMILES string of the molecule is Cc1cccc(NC(N)=NCCc2cnn(-c3ccccc3)c2)c1. The Kier molecular flexibility index (Phi) is 4.91. The number of nitrogens with two attached hydrogens (primary N) is 1. The second kappa shape index (κ2) is 7.46. The summed E-state index contributed by atoms with van der Waals surface area (Å²) in [5.74, 6) is 0.427. The predicted molar refractivity (Wildman–Crippen MR) is 98.6 cm³/mol. The molecule has 0 amide bonds. The third-order valence-corrected chi connectivity index (χ3v) is 3.63. The number of para-hydroxylation sites is 1. The van der Waals surface area contributed by atoms with Gasteiger partial charge in [0.05, 0.1) is 11.9 Å². The van der Waals surface area contributed by atoms with Gasteiger partial charge in [0.2, 0.25) is 0 Å². The first-order chi connectivity index (χ1) is 11.7. The van der Waals surface area contributed by atoms with Gasteiger partial charge in [-0.2, -0.15) is 5.10 Å². The summed E-state index contributed by atoms with van der Waals surface area (Å²) in [5.41, 5.74) is 10.2. The van der Waals surface area contributed by atoms with Crippen molar-refractivity contribution in [2.45, 2.75) is 13.3 Å². The lowest BCUT2D eigenvalue weighted by atomic mass is 10.2. The average molecular weight is 319 g/mol. The van der Waals surface area contributed by atoms with Crippen LogP contribution in [-0.2, 0) is 6.42 Å². The van der Waals surface area contributed by atoms with Gasteiger partial charge in [0.15, 0.2) is 5.96 Å². The van der Waals surface area contributed by atoms with Gasteiger partial charge < -0.3 is 11.1 Å². The van der Waals surface area contributed by atoms with Crippen LogP contribution in [0.25, 0.3) is 5.69 Å². The Morgan fingerprint density at radius 1 is 1.17 bits per heavy atom. The number of rotatable bonds is 5. The fourth-order valence-electron chi connectivity index (χ4n) is 2.43. The maximum Gasteiger partial charge on any atom is 0.193 e. The molecule has 2 aromatic carbocycles. The normalized spacial score (nSPS) is 11.5. The van der Waals surface area contributed by atoms with Crippen LogP contribution in [0.15, 0.2) is 72.0 Å². The number of benzene rings is 2. The Bertz CT molecular complexity index is 821. The standard InChI is InChI=1S/C19H21N5/c1-15-6-5-7-17(12-15)23-19(20)21-11-10-16-13-22-24(14-16)18-8-3-2-4-9-18/h2-9,12-14H,10-11H2,1H3,(H3,20,21,23). The van der Waals surface area contributed by atoms with Crippen LogP contribution >= 0.6 is 0 Å². The van der Waals surface area contributed by atoms with E-state index in [1.54, 1.807) is 0 Å². The largest absolute Gasteiger partial charge is 0.370 e. The highest BCUT2D eigenvalue weighted by Gasteiger charge is 2.01. The van der Waals surface area contributed by atoms with Crippen molar-refractivity contribution in [2.75, 3.05) is 11.9 Å². The van der Waals surface area contributed by atoms with E-state index in [2.05, 4.69) is 15.4 Å². The van der Waals surface area contributed by atoms with E-state index in [1.807, 2.05) is 78.6 Å². The molecule has 1 aromatic heterocycles. The molecule has 3 aromatic rings. The second-order valence-corrected chi connectivity index (χ2v) is 5.64. The Morgan fingerprint density at radius 2 is 2.00 bits per heavy atom. The molecule has 0 aliphatic heterocycles. The summed E-state index contributed by atoms with van der Waals surface area (Å²) in [5, 5.41) is 7.49. The molecule has 0 aliphatic carbocycles. The molecule has 1 heterocycles. The number of anilines is 1. The summed E-state index contributed by atoms with van der Waals surface area (Å²) in [6.45, 7) is 2.66. The zero-order valence-corrected chi connectivity index (χ0v) is 13.7. The molecule has 0 saturated carbocycles. The fraction of sp³-hybridized carbons (Fsp3) is 0.158. The molecule has 0 spiro atoms. The zero-order valence-electron chi connectivity index (χ0n) is 13.7. The van der Waals surface area contributed by atoms with Crippen molar-refractivity contribution in [3.05, 3.63) is 78.1 Å². The van der Waals surface area contributed by atoms with Crippen molar-refractivity contribution in [1.29, 1.82) is 0 Å². The number of hydrogen-bond acceptors (Lipinski definition) is 2. The lowest BCUT2D eigenvalue weighted by molar-refractivity contribution is 0.879. The Labute approximate surface area is 141 Å². The topological polar surface area (TPSA) is 68.2 Å². The lowest BCUT2D eigenvalue weighted by Gasteiger charge is -2.06. The van der Waals surface area contributed by atoms with E-state index in [4.69, 9.17) is 5.73 Å². The van der Waals surface area contributed by atoms with E-state index in [9.17, 15) is 0 Å². The van der Waals surface area contributed by atoms with Crippen LogP contribution in [0.3, 0.4) is 0 Å². The third kappa shape index (κ3) is 4.23. The second-order valence-electron chi connectivity index (χ2n) is 5.64. The van der Waals surface area contributed by atoms with E-state index in [0.29, 0.717) is 12.5 Å². The van der Waals surface area contributed by atoms with Gasteiger partial charge >= 0.3 is 0 Å². The number of nitrogens with zero attached hydrogens (tertiary/aromatic N) is 3. The number of hydrogen-bond donors (Lipinski definition) is 2. The summed E-state index contributed by atoms with van der Waals surface area (Å²) in [4.78, 5) is 4.37. The molecular weight excluding hydrogens is 298 g/mol. The van der Waals surface area contributed by atoms with Crippen LogP contribution in [0.4, 0.5) is 5.69 Å². The van der Waals surface area contributed by atoms with E-state index < -0.39 is 0 Å². The highest BCUT2D eigenvalue weighted by molar-refractivity contribution is 5.92. The van der Waals surface area contributed by atoms with E-state index >= 15 is 0 Å². The molecule has 5 nitrogen and oxygen atoms in total.